The van der Waals surface area contributed by atoms with Crippen LogP contribution in [0.4, 0.5) is 0 Å². The molecule has 0 fully saturated rings. The van der Waals surface area contributed by atoms with Crippen molar-refractivity contribution in [2.24, 2.45) is 0 Å². The highest BCUT2D eigenvalue weighted by Crippen LogP contribution is 2.38. The Hall–Kier alpha value is -5.40. The highest BCUT2D eigenvalue weighted by molar-refractivity contribution is 6.12. The molecule has 6 rings (SSSR count). The summed E-state index contributed by atoms with van der Waals surface area (Å²) in [6, 6.07) is 31.5. The molecule has 0 aliphatic heterocycles. The van der Waals surface area contributed by atoms with Gasteiger partial charge in [0.25, 0.3) is 0 Å². The molecular formula is C60H66. The fourth-order valence-electron chi connectivity index (χ4n) is 8.42. The molecule has 0 saturated heterocycles. The molecule has 0 unspecified atom stereocenters. The lowest BCUT2D eigenvalue weighted by Gasteiger charge is -2.15. The standard InChI is InChI=1S/C60H66/c1-5-9-13-17-21-25-33-53-49-37-29-31-39-51(49)55(35-27-23-19-15-11-7-3)59-45-47(41-43-57(53)59)48-42-44-58-54(34-26-22-18-14-10-6-2)50-38-30-32-40-52(50)56(60(58)46-48)36-28-24-20-16-12-8-4/h29-32,37-46H,5-24H2,1-4H3. The fraction of sp³-hybridized carbons (Fsp3) is 0.400. The largest absolute Gasteiger partial charge is 0.0978 e. The molecule has 0 amide bonds. The smallest absolute Gasteiger partial charge is 0.0403 e. The molecule has 0 radical (unpaired) electrons. The van der Waals surface area contributed by atoms with E-state index in [0.717, 1.165) is 73.6 Å². The van der Waals surface area contributed by atoms with Crippen molar-refractivity contribution in [1.29, 1.82) is 0 Å². The zero-order valence-corrected chi connectivity index (χ0v) is 37.2. The van der Waals surface area contributed by atoms with Crippen LogP contribution >= 0.6 is 0 Å². The molecule has 306 valence electrons. The molecule has 0 saturated carbocycles. The van der Waals surface area contributed by atoms with Gasteiger partial charge in [-0.3, -0.25) is 0 Å². The molecule has 0 aliphatic rings. The van der Waals surface area contributed by atoms with Gasteiger partial charge in [0.1, 0.15) is 0 Å². The van der Waals surface area contributed by atoms with Crippen molar-refractivity contribution < 1.29 is 0 Å². The van der Waals surface area contributed by atoms with Crippen molar-refractivity contribution in [1.82, 2.24) is 0 Å². The molecule has 0 atom stereocenters. The Balaban J connectivity index is 1.53. The van der Waals surface area contributed by atoms with E-state index in [1.54, 1.807) is 0 Å². The van der Waals surface area contributed by atoms with E-state index < -0.39 is 0 Å². The minimum absolute atomic E-state index is 0.917. The maximum Gasteiger partial charge on any atom is 0.0403 e. The van der Waals surface area contributed by atoms with Gasteiger partial charge in [0.2, 0.25) is 0 Å². The van der Waals surface area contributed by atoms with Crippen molar-refractivity contribution in [3.05, 3.63) is 107 Å². The summed E-state index contributed by atoms with van der Waals surface area (Å²) in [7, 11) is 0. The number of fused-ring (bicyclic) bond motifs is 4. The lowest BCUT2D eigenvalue weighted by Crippen LogP contribution is -1.93. The van der Waals surface area contributed by atoms with E-state index in [4.69, 9.17) is 0 Å². The van der Waals surface area contributed by atoms with Crippen molar-refractivity contribution in [3.63, 3.8) is 0 Å². The molecule has 0 aliphatic carbocycles. The monoisotopic (exact) mass is 787 g/mol. The minimum Gasteiger partial charge on any atom is -0.0978 e. The van der Waals surface area contributed by atoms with Crippen LogP contribution in [0, 0.1) is 47.4 Å². The highest BCUT2D eigenvalue weighted by Gasteiger charge is 2.16. The van der Waals surface area contributed by atoms with Gasteiger partial charge in [-0.1, -0.05) is 225 Å². The fourth-order valence-corrected chi connectivity index (χ4v) is 8.42. The van der Waals surface area contributed by atoms with Crippen LogP contribution in [0.1, 0.15) is 178 Å². The molecule has 0 heteroatoms. The lowest BCUT2D eigenvalue weighted by atomic mass is 9.88. The second-order valence-electron chi connectivity index (χ2n) is 16.6. The predicted molar refractivity (Wildman–Crippen MR) is 264 cm³/mol. The molecular weight excluding hydrogens is 721 g/mol. The zero-order valence-electron chi connectivity index (χ0n) is 37.2. The Morgan fingerprint density at radius 3 is 0.833 bits per heavy atom. The second kappa shape index (κ2) is 24.0. The first-order valence-corrected chi connectivity index (χ1v) is 23.6. The van der Waals surface area contributed by atoms with Crippen LogP contribution in [-0.2, 0) is 0 Å². The van der Waals surface area contributed by atoms with Gasteiger partial charge in [0.15, 0.2) is 0 Å². The van der Waals surface area contributed by atoms with E-state index in [-0.39, 0.29) is 0 Å². The molecule has 0 N–H and O–H groups in total. The van der Waals surface area contributed by atoms with E-state index in [2.05, 4.69) is 160 Å². The zero-order chi connectivity index (χ0) is 41.8. The summed E-state index contributed by atoms with van der Waals surface area (Å²) >= 11 is 0. The van der Waals surface area contributed by atoms with Gasteiger partial charge in [-0.2, -0.15) is 0 Å². The first-order valence-electron chi connectivity index (χ1n) is 23.6. The second-order valence-corrected chi connectivity index (χ2v) is 16.6. The van der Waals surface area contributed by atoms with E-state index in [9.17, 15) is 0 Å². The van der Waals surface area contributed by atoms with Gasteiger partial charge in [-0.05, 0) is 92.0 Å². The third kappa shape index (κ3) is 11.4. The minimum atomic E-state index is 0.917. The number of rotatable bonds is 17. The molecule has 0 aromatic heterocycles. The van der Waals surface area contributed by atoms with Crippen LogP contribution in [0.3, 0.4) is 0 Å². The SMILES string of the molecule is CCCCCCC#Cc1c2ccccc2c(C#CCCCCCC)c2cc(-c3ccc4c(C#CCCCCCC)c5ccccc5c(C#CCCCCCC)c4c3)ccc12. The molecule has 60 heavy (non-hydrogen) atoms. The Labute approximate surface area is 363 Å². The summed E-state index contributed by atoms with van der Waals surface area (Å²) in [6.07, 6.45) is 23.2. The summed E-state index contributed by atoms with van der Waals surface area (Å²) < 4.78 is 0. The average Bonchev–Trinajstić information content (AvgIpc) is 3.28. The summed E-state index contributed by atoms with van der Waals surface area (Å²) in [4.78, 5) is 0. The Morgan fingerprint density at radius 2 is 0.550 bits per heavy atom. The van der Waals surface area contributed by atoms with E-state index in [0.29, 0.717) is 0 Å². The van der Waals surface area contributed by atoms with Crippen LogP contribution in [-0.4, -0.2) is 0 Å². The van der Waals surface area contributed by atoms with Crippen molar-refractivity contribution in [2.45, 2.75) is 156 Å². The lowest BCUT2D eigenvalue weighted by molar-refractivity contribution is 0.679. The van der Waals surface area contributed by atoms with Gasteiger partial charge < -0.3 is 0 Å². The van der Waals surface area contributed by atoms with Crippen molar-refractivity contribution in [2.75, 3.05) is 0 Å². The predicted octanol–water partition coefficient (Wildman–Crippen LogP) is 17.3. The van der Waals surface area contributed by atoms with Gasteiger partial charge in [0.05, 0.1) is 0 Å². The maximum atomic E-state index is 3.72. The summed E-state index contributed by atoms with van der Waals surface area (Å²) in [5.74, 6) is 29.1. The van der Waals surface area contributed by atoms with Crippen molar-refractivity contribution >= 4 is 43.1 Å². The Kier molecular flexibility index (Phi) is 17.7. The Bertz CT molecular complexity index is 2440. The van der Waals surface area contributed by atoms with E-state index in [1.807, 2.05) is 0 Å². The molecule has 0 nitrogen and oxygen atoms in total. The quantitative estimate of drug-likeness (QED) is 0.0491. The van der Waals surface area contributed by atoms with Gasteiger partial charge in [-0.25, -0.2) is 0 Å². The first-order chi connectivity index (χ1) is 29.7. The average molecular weight is 787 g/mol. The number of benzene rings is 6. The molecule has 6 aromatic carbocycles. The van der Waals surface area contributed by atoms with E-state index >= 15 is 0 Å². The Morgan fingerprint density at radius 1 is 0.283 bits per heavy atom. The summed E-state index contributed by atoms with van der Waals surface area (Å²) in [5.41, 5.74) is 6.83. The van der Waals surface area contributed by atoms with Crippen LogP contribution in [0.15, 0.2) is 84.9 Å². The normalized spacial score (nSPS) is 10.8. The number of hydrogen-bond acceptors (Lipinski definition) is 0. The molecule has 0 heterocycles. The molecule has 6 aromatic rings. The molecule has 0 bridgehead atoms. The number of hydrogen-bond donors (Lipinski definition) is 0. The highest BCUT2D eigenvalue weighted by atomic mass is 14.2. The van der Waals surface area contributed by atoms with E-state index in [1.165, 1.54) is 131 Å². The topological polar surface area (TPSA) is 0 Å². The van der Waals surface area contributed by atoms with Gasteiger partial charge in [0, 0.05) is 47.9 Å². The summed E-state index contributed by atoms with van der Waals surface area (Å²) in [6.45, 7) is 9.06. The van der Waals surface area contributed by atoms with Gasteiger partial charge >= 0.3 is 0 Å². The summed E-state index contributed by atoms with van der Waals surface area (Å²) in [5, 5.41) is 9.52. The number of unbranched alkanes of at least 4 members (excludes halogenated alkanes) is 16. The maximum absolute atomic E-state index is 3.72. The van der Waals surface area contributed by atoms with Crippen LogP contribution in [0.25, 0.3) is 54.2 Å². The third-order valence-electron chi connectivity index (χ3n) is 11.9. The van der Waals surface area contributed by atoms with Gasteiger partial charge in [-0.15, -0.1) is 0 Å². The molecule has 0 spiro atoms. The third-order valence-corrected chi connectivity index (χ3v) is 11.9. The van der Waals surface area contributed by atoms with Crippen LogP contribution in [0.2, 0.25) is 0 Å². The van der Waals surface area contributed by atoms with Crippen LogP contribution in [0.5, 0.6) is 0 Å². The van der Waals surface area contributed by atoms with Crippen LogP contribution < -0.4 is 0 Å². The van der Waals surface area contributed by atoms with Crippen molar-refractivity contribution in [3.8, 4) is 58.5 Å². The first kappa shape index (κ1) is 44.2.